The standard InChI is InChI=1S/C16H21NO3/c1-4-11(2)15(18)17-10-14(16(19)20)9-13-8-6-5-7-12(13)3/h4-8,14H,9-10H2,1-3H3,(H,17,18)(H,19,20)/b11-4-. The molecule has 4 heteroatoms. The molecule has 1 amide bonds. The fraction of sp³-hybridized carbons (Fsp3) is 0.375. The van der Waals surface area contributed by atoms with Crippen molar-refractivity contribution in [2.75, 3.05) is 6.54 Å². The summed E-state index contributed by atoms with van der Waals surface area (Å²) in [6, 6.07) is 7.69. The van der Waals surface area contributed by atoms with Gasteiger partial charge in [0.15, 0.2) is 0 Å². The summed E-state index contributed by atoms with van der Waals surface area (Å²) in [6.45, 7) is 5.56. The first-order valence-electron chi connectivity index (χ1n) is 6.64. The van der Waals surface area contributed by atoms with Crippen molar-refractivity contribution in [1.82, 2.24) is 5.32 Å². The SMILES string of the molecule is C/C=C(/C)C(=O)NCC(Cc1ccccc1C)C(=O)O. The molecule has 1 rings (SSSR count). The Kier molecular flexibility index (Phi) is 5.97. The van der Waals surface area contributed by atoms with Gasteiger partial charge < -0.3 is 10.4 Å². The van der Waals surface area contributed by atoms with Gasteiger partial charge in [0.2, 0.25) is 5.91 Å². The van der Waals surface area contributed by atoms with Crippen LogP contribution in [0.3, 0.4) is 0 Å². The molecule has 0 spiro atoms. The third kappa shape index (κ3) is 4.53. The van der Waals surface area contributed by atoms with Gasteiger partial charge in [-0.15, -0.1) is 0 Å². The third-order valence-corrected chi connectivity index (χ3v) is 3.38. The summed E-state index contributed by atoms with van der Waals surface area (Å²) in [5.41, 5.74) is 2.65. The molecule has 0 aliphatic heterocycles. The van der Waals surface area contributed by atoms with Gasteiger partial charge in [-0.3, -0.25) is 9.59 Å². The molecule has 0 aromatic heterocycles. The highest BCUT2D eigenvalue weighted by Gasteiger charge is 2.19. The Bertz CT molecular complexity index is 520. The summed E-state index contributed by atoms with van der Waals surface area (Å²) >= 11 is 0. The number of benzene rings is 1. The zero-order valence-corrected chi connectivity index (χ0v) is 12.1. The summed E-state index contributed by atoms with van der Waals surface area (Å²) in [7, 11) is 0. The van der Waals surface area contributed by atoms with Gasteiger partial charge in [-0.25, -0.2) is 0 Å². The van der Waals surface area contributed by atoms with Crippen LogP contribution in [0.2, 0.25) is 0 Å². The molecule has 1 unspecified atom stereocenters. The Morgan fingerprint density at radius 1 is 1.35 bits per heavy atom. The van der Waals surface area contributed by atoms with E-state index in [1.807, 2.05) is 31.2 Å². The molecule has 0 fully saturated rings. The van der Waals surface area contributed by atoms with Crippen LogP contribution >= 0.6 is 0 Å². The topological polar surface area (TPSA) is 66.4 Å². The number of rotatable bonds is 6. The van der Waals surface area contributed by atoms with E-state index < -0.39 is 11.9 Å². The molecule has 0 bridgehead atoms. The van der Waals surface area contributed by atoms with E-state index >= 15 is 0 Å². The molecule has 0 aliphatic rings. The first kappa shape index (κ1) is 16.0. The lowest BCUT2D eigenvalue weighted by Crippen LogP contribution is -2.34. The van der Waals surface area contributed by atoms with Crippen LogP contribution in [0.1, 0.15) is 25.0 Å². The highest BCUT2D eigenvalue weighted by atomic mass is 16.4. The molecule has 2 N–H and O–H groups in total. The summed E-state index contributed by atoms with van der Waals surface area (Å²) in [5, 5.41) is 11.9. The summed E-state index contributed by atoms with van der Waals surface area (Å²) < 4.78 is 0. The fourth-order valence-electron chi connectivity index (χ4n) is 1.84. The van der Waals surface area contributed by atoms with Gasteiger partial charge in [0.1, 0.15) is 0 Å². The molecule has 4 nitrogen and oxygen atoms in total. The van der Waals surface area contributed by atoms with Crippen molar-refractivity contribution in [3.05, 3.63) is 47.0 Å². The third-order valence-electron chi connectivity index (χ3n) is 3.38. The quantitative estimate of drug-likeness (QED) is 0.783. The van der Waals surface area contributed by atoms with Crippen molar-refractivity contribution in [3.63, 3.8) is 0 Å². The number of carboxylic acid groups (broad SMARTS) is 1. The number of hydrogen-bond donors (Lipinski definition) is 2. The van der Waals surface area contributed by atoms with Crippen LogP contribution in [0.4, 0.5) is 0 Å². The maximum Gasteiger partial charge on any atom is 0.308 e. The zero-order chi connectivity index (χ0) is 15.1. The molecule has 108 valence electrons. The molecule has 0 aliphatic carbocycles. The molecule has 0 saturated heterocycles. The second-order valence-corrected chi connectivity index (χ2v) is 4.85. The number of carbonyl (C=O) groups excluding carboxylic acids is 1. The largest absolute Gasteiger partial charge is 0.481 e. The Morgan fingerprint density at radius 3 is 2.55 bits per heavy atom. The maximum absolute atomic E-state index is 11.6. The average Bonchev–Trinajstić information content (AvgIpc) is 2.43. The molecule has 0 saturated carbocycles. The van der Waals surface area contributed by atoms with Crippen molar-refractivity contribution in [1.29, 1.82) is 0 Å². The highest BCUT2D eigenvalue weighted by Crippen LogP contribution is 2.13. The monoisotopic (exact) mass is 275 g/mol. The van der Waals surface area contributed by atoms with Gasteiger partial charge in [0.05, 0.1) is 5.92 Å². The summed E-state index contributed by atoms with van der Waals surface area (Å²) in [4.78, 5) is 22.9. The number of allylic oxidation sites excluding steroid dienone is 1. The van der Waals surface area contributed by atoms with Gasteiger partial charge in [-0.1, -0.05) is 30.3 Å². The Hall–Kier alpha value is -2.10. The van der Waals surface area contributed by atoms with Gasteiger partial charge in [-0.2, -0.15) is 0 Å². The van der Waals surface area contributed by atoms with E-state index in [0.29, 0.717) is 12.0 Å². The van der Waals surface area contributed by atoms with Crippen LogP contribution in [-0.4, -0.2) is 23.5 Å². The predicted octanol–water partition coefficient (Wildman–Crippen LogP) is 2.32. The lowest BCUT2D eigenvalue weighted by atomic mass is 9.96. The Labute approximate surface area is 119 Å². The number of aryl methyl sites for hydroxylation is 1. The number of hydrogen-bond acceptors (Lipinski definition) is 2. The van der Waals surface area contributed by atoms with Crippen LogP contribution in [0.15, 0.2) is 35.9 Å². The maximum atomic E-state index is 11.6. The van der Waals surface area contributed by atoms with Crippen LogP contribution in [0.25, 0.3) is 0 Å². The van der Waals surface area contributed by atoms with Crippen LogP contribution in [0, 0.1) is 12.8 Å². The number of carboxylic acids is 1. The molecule has 1 aromatic carbocycles. The van der Waals surface area contributed by atoms with Gasteiger partial charge in [0.25, 0.3) is 0 Å². The molecule has 20 heavy (non-hydrogen) atoms. The first-order valence-corrected chi connectivity index (χ1v) is 6.64. The number of carbonyl (C=O) groups is 2. The molecular weight excluding hydrogens is 254 g/mol. The Balaban J connectivity index is 2.69. The van der Waals surface area contributed by atoms with E-state index in [4.69, 9.17) is 0 Å². The number of nitrogens with one attached hydrogen (secondary N) is 1. The van der Waals surface area contributed by atoms with Crippen LogP contribution < -0.4 is 5.32 Å². The minimum atomic E-state index is -0.897. The predicted molar refractivity (Wildman–Crippen MR) is 78.4 cm³/mol. The zero-order valence-electron chi connectivity index (χ0n) is 12.1. The Morgan fingerprint density at radius 2 is 2.00 bits per heavy atom. The lowest BCUT2D eigenvalue weighted by molar-refractivity contribution is -0.141. The van der Waals surface area contributed by atoms with E-state index in [1.54, 1.807) is 19.9 Å². The van der Waals surface area contributed by atoms with Crippen molar-refractivity contribution < 1.29 is 14.7 Å². The van der Waals surface area contributed by atoms with E-state index in [2.05, 4.69) is 5.32 Å². The van der Waals surface area contributed by atoms with E-state index in [-0.39, 0.29) is 12.5 Å². The number of aliphatic carboxylic acids is 1. The molecular formula is C16H21NO3. The average molecular weight is 275 g/mol. The van der Waals surface area contributed by atoms with Gasteiger partial charge in [0, 0.05) is 12.1 Å². The van der Waals surface area contributed by atoms with Crippen molar-refractivity contribution >= 4 is 11.9 Å². The summed E-state index contributed by atoms with van der Waals surface area (Å²) in [6.07, 6.45) is 2.11. The molecule has 1 atom stereocenters. The van der Waals surface area contributed by atoms with Crippen LogP contribution in [-0.2, 0) is 16.0 Å². The first-order chi connectivity index (χ1) is 9.45. The highest BCUT2D eigenvalue weighted by molar-refractivity contribution is 5.92. The molecule has 0 heterocycles. The smallest absolute Gasteiger partial charge is 0.308 e. The summed E-state index contributed by atoms with van der Waals surface area (Å²) in [5.74, 6) is -1.74. The minimum Gasteiger partial charge on any atom is -0.481 e. The van der Waals surface area contributed by atoms with Crippen LogP contribution in [0.5, 0.6) is 0 Å². The number of amides is 1. The van der Waals surface area contributed by atoms with Gasteiger partial charge in [-0.05, 0) is 38.3 Å². The second kappa shape index (κ2) is 7.48. The minimum absolute atomic E-state index is 0.133. The van der Waals surface area contributed by atoms with E-state index in [1.165, 1.54) is 0 Å². The van der Waals surface area contributed by atoms with Gasteiger partial charge >= 0.3 is 5.97 Å². The second-order valence-electron chi connectivity index (χ2n) is 4.85. The van der Waals surface area contributed by atoms with Crippen molar-refractivity contribution in [2.45, 2.75) is 27.2 Å². The van der Waals surface area contributed by atoms with E-state index in [9.17, 15) is 14.7 Å². The molecule has 0 radical (unpaired) electrons. The fourth-order valence-corrected chi connectivity index (χ4v) is 1.84. The van der Waals surface area contributed by atoms with E-state index in [0.717, 1.165) is 11.1 Å². The normalized spacial score (nSPS) is 12.8. The molecule has 1 aromatic rings. The van der Waals surface area contributed by atoms with Crippen molar-refractivity contribution in [2.24, 2.45) is 5.92 Å². The lowest BCUT2D eigenvalue weighted by Gasteiger charge is -2.15. The van der Waals surface area contributed by atoms with Crippen molar-refractivity contribution in [3.8, 4) is 0 Å².